The summed E-state index contributed by atoms with van der Waals surface area (Å²) < 4.78 is 33.9. The Labute approximate surface area is 167 Å². The van der Waals surface area contributed by atoms with Gasteiger partial charge < -0.3 is 9.64 Å². The van der Waals surface area contributed by atoms with Crippen LogP contribution in [0.2, 0.25) is 0 Å². The number of anilines is 1. The zero-order valence-corrected chi connectivity index (χ0v) is 17.2. The van der Waals surface area contributed by atoms with E-state index in [-0.39, 0.29) is 4.90 Å². The lowest BCUT2D eigenvalue weighted by Gasteiger charge is -2.34. The summed E-state index contributed by atoms with van der Waals surface area (Å²) in [7, 11) is -3.68. The molecule has 1 fully saturated rings. The molecular formula is C18H19BrN4O3S. The molecule has 0 amide bonds. The van der Waals surface area contributed by atoms with Gasteiger partial charge in [-0.25, -0.2) is 13.4 Å². The topological polar surface area (TPSA) is 86.5 Å². The number of ether oxygens (including phenoxy) is 1. The van der Waals surface area contributed by atoms with E-state index in [2.05, 4.69) is 27.0 Å². The lowest BCUT2D eigenvalue weighted by molar-refractivity contribution is 0.327. The Morgan fingerprint density at radius 1 is 1.22 bits per heavy atom. The fraction of sp³-hybridized carbons (Fsp3) is 0.333. The first-order chi connectivity index (χ1) is 13.0. The summed E-state index contributed by atoms with van der Waals surface area (Å²) in [6.45, 7) is 3.87. The number of sulfonamides is 1. The van der Waals surface area contributed by atoms with Crippen LogP contribution in [0.15, 0.2) is 45.9 Å². The average molecular weight is 451 g/mol. The maximum Gasteiger partial charge on any atom is 0.246 e. The minimum atomic E-state index is -3.68. The number of hydrogen-bond donors (Lipinski definition) is 0. The van der Waals surface area contributed by atoms with Crippen LogP contribution in [0.3, 0.4) is 0 Å². The van der Waals surface area contributed by atoms with E-state index in [1.54, 1.807) is 36.5 Å². The summed E-state index contributed by atoms with van der Waals surface area (Å²) in [5.41, 5.74) is 0.533. The van der Waals surface area contributed by atoms with E-state index in [1.165, 1.54) is 4.31 Å². The van der Waals surface area contributed by atoms with Gasteiger partial charge in [-0.2, -0.15) is 9.57 Å². The first kappa shape index (κ1) is 19.6. The van der Waals surface area contributed by atoms with Crippen LogP contribution in [0.1, 0.15) is 12.5 Å². The number of nitrogens with zero attached hydrogens (tertiary/aromatic N) is 4. The monoisotopic (exact) mass is 450 g/mol. The second kappa shape index (κ2) is 8.25. The Balaban J connectivity index is 1.79. The molecule has 0 spiro atoms. The zero-order chi connectivity index (χ0) is 19.4. The molecule has 1 aliphatic heterocycles. The first-order valence-electron chi connectivity index (χ1n) is 8.49. The number of rotatable bonds is 5. The van der Waals surface area contributed by atoms with Crippen molar-refractivity contribution in [2.75, 3.05) is 37.7 Å². The van der Waals surface area contributed by atoms with Crippen molar-refractivity contribution in [3.05, 3.63) is 46.6 Å². The molecule has 9 heteroatoms. The Bertz CT molecular complexity index is 967. The fourth-order valence-electron chi connectivity index (χ4n) is 2.92. The van der Waals surface area contributed by atoms with Gasteiger partial charge in [-0.05, 0) is 37.3 Å². The van der Waals surface area contributed by atoms with Crippen molar-refractivity contribution in [1.82, 2.24) is 9.29 Å². The summed E-state index contributed by atoms with van der Waals surface area (Å²) in [6.07, 6.45) is 1.59. The first-order valence-corrected chi connectivity index (χ1v) is 10.7. The van der Waals surface area contributed by atoms with E-state index in [4.69, 9.17) is 10.00 Å². The van der Waals surface area contributed by atoms with E-state index in [9.17, 15) is 8.42 Å². The number of pyridine rings is 1. The summed E-state index contributed by atoms with van der Waals surface area (Å²) in [5, 5.41) is 9.03. The number of benzene rings is 1. The van der Waals surface area contributed by atoms with Crippen LogP contribution in [0, 0.1) is 11.3 Å². The maximum atomic E-state index is 13.1. The van der Waals surface area contributed by atoms with Crippen LogP contribution in [0.25, 0.3) is 0 Å². The van der Waals surface area contributed by atoms with Gasteiger partial charge in [0.25, 0.3) is 0 Å². The van der Waals surface area contributed by atoms with Crippen molar-refractivity contribution in [3.8, 4) is 11.8 Å². The molecule has 0 N–H and O–H groups in total. The molecule has 0 saturated carbocycles. The number of aromatic nitrogens is 1. The van der Waals surface area contributed by atoms with E-state index in [0.717, 1.165) is 0 Å². The Morgan fingerprint density at radius 2 is 1.96 bits per heavy atom. The zero-order valence-electron chi connectivity index (χ0n) is 14.8. The van der Waals surface area contributed by atoms with E-state index < -0.39 is 10.0 Å². The molecule has 0 bridgehead atoms. The summed E-state index contributed by atoms with van der Waals surface area (Å²) >= 11 is 3.34. The molecule has 0 unspecified atom stereocenters. The van der Waals surface area contributed by atoms with E-state index in [0.29, 0.717) is 54.4 Å². The normalized spacial score (nSPS) is 15.4. The predicted molar refractivity (Wildman–Crippen MR) is 105 cm³/mol. The van der Waals surface area contributed by atoms with Gasteiger partial charge in [-0.15, -0.1) is 0 Å². The van der Waals surface area contributed by atoms with Crippen molar-refractivity contribution >= 4 is 31.8 Å². The van der Waals surface area contributed by atoms with Gasteiger partial charge in [0.05, 0.1) is 18.2 Å². The van der Waals surface area contributed by atoms with Crippen LogP contribution < -0.4 is 9.64 Å². The second-order valence-electron chi connectivity index (χ2n) is 5.93. The largest absolute Gasteiger partial charge is 0.492 e. The van der Waals surface area contributed by atoms with Gasteiger partial charge in [-0.3, -0.25) is 0 Å². The minimum Gasteiger partial charge on any atom is -0.492 e. The summed E-state index contributed by atoms with van der Waals surface area (Å²) in [5.74, 6) is 1.04. The molecule has 3 rings (SSSR count). The van der Waals surface area contributed by atoms with Gasteiger partial charge in [-0.1, -0.05) is 15.9 Å². The fourth-order valence-corrected chi connectivity index (χ4v) is 5.01. The summed E-state index contributed by atoms with van der Waals surface area (Å²) in [4.78, 5) is 6.43. The van der Waals surface area contributed by atoms with Crippen LogP contribution in [-0.2, 0) is 10.0 Å². The van der Waals surface area contributed by atoms with E-state index >= 15 is 0 Å². The molecule has 0 aliphatic carbocycles. The maximum absolute atomic E-state index is 13.1. The standard InChI is InChI=1S/C18H19BrN4O3S/c1-2-26-16-4-3-15(19)12-17(16)27(24,25)23-9-7-22(8-10-23)18-11-14(13-20)5-6-21-18/h3-6,11-12H,2,7-10H2,1H3. The molecule has 7 nitrogen and oxygen atoms in total. The molecular weight excluding hydrogens is 432 g/mol. The SMILES string of the molecule is CCOc1ccc(Br)cc1S(=O)(=O)N1CCN(c2cc(C#N)ccn2)CC1. The van der Waals surface area contributed by atoms with Crippen LogP contribution in [-0.4, -0.2) is 50.5 Å². The van der Waals surface area contributed by atoms with Gasteiger partial charge >= 0.3 is 0 Å². The lowest BCUT2D eigenvalue weighted by atomic mass is 10.2. The highest BCUT2D eigenvalue weighted by atomic mass is 79.9. The van der Waals surface area contributed by atoms with Crippen molar-refractivity contribution in [2.45, 2.75) is 11.8 Å². The number of nitriles is 1. The van der Waals surface area contributed by atoms with E-state index in [1.807, 2.05) is 11.8 Å². The Morgan fingerprint density at radius 3 is 2.63 bits per heavy atom. The highest BCUT2D eigenvalue weighted by Gasteiger charge is 2.31. The summed E-state index contributed by atoms with van der Waals surface area (Å²) in [6, 6.07) is 10.4. The van der Waals surface area contributed by atoms with Crippen molar-refractivity contribution in [2.24, 2.45) is 0 Å². The molecule has 1 aromatic carbocycles. The molecule has 0 radical (unpaired) electrons. The Kier molecular flexibility index (Phi) is 5.99. The molecule has 1 aliphatic rings. The highest BCUT2D eigenvalue weighted by Crippen LogP contribution is 2.31. The Hall–Kier alpha value is -2.15. The molecule has 2 heterocycles. The van der Waals surface area contributed by atoms with Crippen LogP contribution in [0.5, 0.6) is 5.75 Å². The third-order valence-corrected chi connectivity index (χ3v) is 6.67. The quantitative estimate of drug-likeness (QED) is 0.695. The second-order valence-corrected chi connectivity index (χ2v) is 8.75. The molecule has 142 valence electrons. The number of hydrogen-bond acceptors (Lipinski definition) is 6. The lowest BCUT2D eigenvalue weighted by Crippen LogP contribution is -2.49. The van der Waals surface area contributed by atoms with Gasteiger partial charge in [0, 0.05) is 36.8 Å². The van der Waals surface area contributed by atoms with Crippen molar-refractivity contribution in [3.63, 3.8) is 0 Å². The molecule has 0 atom stereocenters. The van der Waals surface area contributed by atoms with Gasteiger partial charge in [0.2, 0.25) is 10.0 Å². The minimum absolute atomic E-state index is 0.164. The smallest absolute Gasteiger partial charge is 0.246 e. The average Bonchev–Trinajstić information content (AvgIpc) is 2.69. The third-order valence-electron chi connectivity index (χ3n) is 4.26. The van der Waals surface area contributed by atoms with Crippen molar-refractivity contribution in [1.29, 1.82) is 5.26 Å². The van der Waals surface area contributed by atoms with Crippen molar-refractivity contribution < 1.29 is 13.2 Å². The van der Waals surface area contributed by atoms with Crippen LogP contribution in [0.4, 0.5) is 5.82 Å². The van der Waals surface area contributed by atoms with Gasteiger partial charge in [0.1, 0.15) is 16.5 Å². The van der Waals surface area contributed by atoms with Gasteiger partial charge in [0.15, 0.2) is 0 Å². The predicted octanol–water partition coefficient (Wildman–Crippen LogP) is 2.63. The molecule has 27 heavy (non-hydrogen) atoms. The number of piperazine rings is 1. The molecule has 1 aromatic heterocycles. The third kappa shape index (κ3) is 4.24. The van der Waals surface area contributed by atoms with Crippen LogP contribution >= 0.6 is 15.9 Å². The number of halogens is 1. The molecule has 2 aromatic rings. The molecule has 1 saturated heterocycles. The highest BCUT2D eigenvalue weighted by molar-refractivity contribution is 9.10.